The summed E-state index contributed by atoms with van der Waals surface area (Å²) < 4.78 is 29.8. The van der Waals surface area contributed by atoms with E-state index in [0.717, 1.165) is 25.1 Å². The highest BCUT2D eigenvalue weighted by molar-refractivity contribution is 6.01. The van der Waals surface area contributed by atoms with Crippen LogP contribution in [-0.4, -0.2) is 179 Å². The molecule has 0 saturated carbocycles. The first-order chi connectivity index (χ1) is 48.6. The molecule has 33 heteroatoms. The first kappa shape index (κ1) is 74.2. The monoisotopic (exact) mass is 1410 g/mol. The number of carbonyl (C=O) groups is 13. The van der Waals surface area contributed by atoms with Crippen LogP contribution < -0.4 is 58.9 Å². The van der Waals surface area contributed by atoms with Crippen LogP contribution in [0.15, 0.2) is 110 Å². The Morgan fingerprint density at radius 1 is 0.637 bits per heavy atom. The molecule has 0 aliphatic carbocycles. The molecule has 1 fully saturated rings. The number of halogens is 2. The summed E-state index contributed by atoms with van der Waals surface area (Å²) in [6, 6.07) is 6.67. The highest BCUT2D eigenvalue weighted by Gasteiger charge is 2.49. The van der Waals surface area contributed by atoms with E-state index in [1.807, 2.05) is 0 Å². The van der Waals surface area contributed by atoms with Crippen LogP contribution in [0.5, 0.6) is 5.75 Å². The lowest BCUT2D eigenvalue weighted by Crippen LogP contribution is -2.63. The number of nitrogens with one attached hydrogen (secondary N) is 13. The van der Waals surface area contributed by atoms with Crippen molar-refractivity contribution in [2.75, 3.05) is 13.1 Å². The fourth-order valence-corrected chi connectivity index (χ4v) is 12.2. The average Bonchev–Trinajstić information content (AvgIpc) is 1.59. The molecule has 538 valence electrons. The standard InChI is InChI=1S/C69H78F2N16O15/c1-35-61(95)77-33-58(91)81-52(23-40-30-74-48-15-11-42(70)25-46(40)48)63(97)82-53(24-41-31-75-49-16-12-43(71)26-47(41)49)64(98)84-55(28-59(92)93)66(100)83-54(27-44-32-73-34-78-44)65(99)85-56(22-38-9-13-45(89)14-10-38)67(101)87-20-4-19-69(87,3)68(102)86-51(60(72)94)21-37-5-7-39(8-6-37)29-76-57(90)18-17-50(62(96)79-35)80-36(2)88/h5-16,25-26,30-32,34-35,50-56,74-75,89H,4,17-24,27-29,33H2,1-3H3,(H2,72,94)(H,73,78)(H,76,90)(H,77,95)(H,79,96)(H,80,88)(H,81,91)(H,82,97)(H,83,100)(H,84,98)(H,85,99)(H,86,102)(H,92,93)/t35-,50-,51-,52-,53-,54-,55-,56-,69-/m0/s1. The minimum Gasteiger partial charge on any atom is -0.508 e. The van der Waals surface area contributed by atoms with Crippen molar-refractivity contribution in [2.24, 2.45) is 5.73 Å². The summed E-state index contributed by atoms with van der Waals surface area (Å²) in [6.45, 7) is 2.98. The number of nitrogens with two attached hydrogens (primary N) is 1. The van der Waals surface area contributed by atoms with Crippen molar-refractivity contribution in [3.8, 4) is 5.75 Å². The van der Waals surface area contributed by atoms with E-state index in [1.54, 1.807) is 24.3 Å². The molecule has 3 aromatic heterocycles. The topological polar surface area (TPSA) is 472 Å². The van der Waals surface area contributed by atoms with Gasteiger partial charge in [0.1, 0.15) is 71.3 Å². The van der Waals surface area contributed by atoms with Gasteiger partial charge in [-0.25, -0.2) is 13.8 Å². The SMILES string of the molecule is CC(=O)N[C@H]1CCC(=O)NCc2ccc(cc2)C[C@@H](C(N)=O)NC(=O)[C@]2(C)CCCN2C(=O)[C@H](Cc2ccc(O)cc2)NC(=O)[C@H](Cc2c[nH]cn2)NC(=O)[C@H](CC(=O)O)NC(=O)[C@H](Cc2c[nH]c3ccc(F)cc23)NC(=O)[C@H](Cc2c[nH]c3ccc(F)cc23)NC(=O)CNC(=O)[C@H](C)NC1=O. The van der Waals surface area contributed by atoms with Crippen molar-refractivity contribution in [3.05, 3.63) is 155 Å². The lowest BCUT2D eigenvalue weighted by Gasteiger charge is -2.37. The van der Waals surface area contributed by atoms with Gasteiger partial charge in [-0.2, -0.15) is 0 Å². The number of primary amides is 1. The van der Waals surface area contributed by atoms with Crippen molar-refractivity contribution in [1.82, 2.24) is 78.0 Å². The van der Waals surface area contributed by atoms with E-state index in [9.17, 15) is 66.9 Å². The van der Waals surface area contributed by atoms with Crippen molar-refractivity contribution in [3.63, 3.8) is 0 Å². The van der Waals surface area contributed by atoms with Gasteiger partial charge in [0.2, 0.25) is 70.9 Å². The molecular weight excluding hydrogens is 1330 g/mol. The minimum absolute atomic E-state index is 0.0128. The number of aromatic nitrogens is 4. The molecule has 6 heterocycles. The number of fused-ring (bicyclic) bond motifs is 34. The number of phenols is 1. The number of rotatable bonds is 12. The molecule has 31 nitrogen and oxygen atoms in total. The zero-order valence-corrected chi connectivity index (χ0v) is 55.6. The van der Waals surface area contributed by atoms with E-state index < -0.39 is 175 Å². The molecule has 102 heavy (non-hydrogen) atoms. The lowest BCUT2D eigenvalue weighted by molar-refractivity contribution is -0.147. The van der Waals surface area contributed by atoms with E-state index in [0.29, 0.717) is 27.7 Å². The molecule has 10 rings (SSSR count). The Labute approximate surface area is 580 Å². The average molecular weight is 1410 g/mol. The summed E-state index contributed by atoms with van der Waals surface area (Å²) in [5.41, 5.74) is 7.14. The maximum absolute atomic E-state index is 15.2. The first-order valence-corrected chi connectivity index (χ1v) is 32.7. The van der Waals surface area contributed by atoms with E-state index >= 15 is 14.4 Å². The first-order valence-electron chi connectivity index (χ1n) is 32.7. The molecule has 4 aromatic carbocycles. The molecule has 7 aromatic rings. The van der Waals surface area contributed by atoms with Gasteiger partial charge < -0.3 is 89.0 Å². The second-order valence-corrected chi connectivity index (χ2v) is 25.3. The number of carboxylic acid groups (broad SMARTS) is 1. The largest absolute Gasteiger partial charge is 0.508 e. The molecule has 3 aliphatic rings. The second kappa shape index (κ2) is 33.2. The molecule has 0 spiro atoms. The van der Waals surface area contributed by atoms with Crippen LogP contribution >= 0.6 is 0 Å². The molecule has 17 N–H and O–H groups in total. The molecule has 0 unspecified atom stereocenters. The number of nitrogens with zero attached hydrogens (tertiary/aromatic N) is 2. The summed E-state index contributed by atoms with van der Waals surface area (Å²) in [5.74, 6) is -14.3. The predicted molar refractivity (Wildman–Crippen MR) is 360 cm³/mol. The van der Waals surface area contributed by atoms with E-state index in [1.165, 1.54) is 86.1 Å². The highest BCUT2D eigenvalue weighted by Crippen LogP contribution is 2.32. The number of aromatic amines is 3. The Morgan fingerprint density at radius 2 is 1.21 bits per heavy atom. The number of benzene rings is 4. The van der Waals surface area contributed by atoms with E-state index in [2.05, 4.69) is 73.1 Å². The molecule has 3 aliphatic heterocycles. The third-order valence-corrected chi connectivity index (χ3v) is 17.7. The zero-order chi connectivity index (χ0) is 73.5. The number of aliphatic carboxylic acids is 1. The zero-order valence-electron chi connectivity index (χ0n) is 55.6. The van der Waals surface area contributed by atoms with Crippen molar-refractivity contribution < 1.29 is 81.3 Å². The summed E-state index contributed by atoms with van der Waals surface area (Å²) in [6.07, 6.45) is 2.34. The molecule has 12 amide bonds. The van der Waals surface area contributed by atoms with Gasteiger partial charge in [-0.3, -0.25) is 62.3 Å². The Balaban J connectivity index is 1.06. The Bertz CT molecular complexity index is 4320. The maximum atomic E-state index is 15.2. The van der Waals surface area contributed by atoms with Crippen LogP contribution in [0.2, 0.25) is 0 Å². The maximum Gasteiger partial charge on any atom is 0.305 e. The predicted octanol–water partition coefficient (Wildman–Crippen LogP) is -0.345. The highest BCUT2D eigenvalue weighted by atomic mass is 19.1. The lowest BCUT2D eigenvalue weighted by atomic mass is 9.94. The molecule has 1 saturated heterocycles. The second-order valence-electron chi connectivity index (χ2n) is 25.3. The Morgan fingerprint density at radius 3 is 1.78 bits per heavy atom. The third-order valence-electron chi connectivity index (χ3n) is 17.7. The number of amides is 12. The summed E-state index contributed by atoms with van der Waals surface area (Å²) >= 11 is 0. The van der Waals surface area contributed by atoms with Gasteiger partial charge in [-0.1, -0.05) is 36.4 Å². The third kappa shape index (κ3) is 19.4. The number of imidazole rings is 1. The molecule has 2 bridgehead atoms. The van der Waals surface area contributed by atoms with Crippen LogP contribution in [0.25, 0.3) is 21.8 Å². The van der Waals surface area contributed by atoms with Crippen LogP contribution in [-0.2, 0) is 101 Å². The fourth-order valence-electron chi connectivity index (χ4n) is 12.2. The van der Waals surface area contributed by atoms with Crippen LogP contribution in [0.1, 0.15) is 86.4 Å². The minimum atomic E-state index is -2.08. The smallest absolute Gasteiger partial charge is 0.305 e. The fraction of sp³-hybridized carbons (Fsp3) is 0.362. The van der Waals surface area contributed by atoms with Crippen LogP contribution in [0.4, 0.5) is 8.78 Å². The molecule has 0 radical (unpaired) electrons. The van der Waals surface area contributed by atoms with E-state index in [4.69, 9.17) is 5.73 Å². The van der Waals surface area contributed by atoms with Gasteiger partial charge in [0.25, 0.3) is 0 Å². The van der Waals surface area contributed by atoms with Crippen LogP contribution in [0, 0.1) is 11.6 Å². The van der Waals surface area contributed by atoms with Gasteiger partial charge >= 0.3 is 5.97 Å². The van der Waals surface area contributed by atoms with Crippen molar-refractivity contribution in [2.45, 2.75) is 145 Å². The summed E-state index contributed by atoms with van der Waals surface area (Å²) in [4.78, 5) is 196. The number of carbonyl (C=O) groups excluding carboxylic acids is 12. The number of hydrogen-bond acceptors (Lipinski definition) is 15. The van der Waals surface area contributed by atoms with Crippen LogP contribution in [0.3, 0.4) is 0 Å². The van der Waals surface area contributed by atoms with Gasteiger partial charge in [0, 0.05) is 98.9 Å². The Kier molecular flexibility index (Phi) is 24.1. The number of aromatic hydroxyl groups is 1. The molecular formula is C69H78F2N16O15. The molecule has 9 atom stereocenters. The van der Waals surface area contributed by atoms with Crippen molar-refractivity contribution >= 4 is 98.7 Å². The number of carboxylic acids is 1. The van der Waals surface area contributed by atoms with Gasteiger partial charge in [-0.05, 0) is 109 Å². The summed E-state index contributed by atoms with van der Waals surface area (Å²) in [5, 5.41) is 46.4. The number of hydrogen-bond donors (Lipinski definition) is 16. The van der Waals surface area contributed by atoms with Crippen molar-refractivity contribution in [1.29, 1.82) is 0 Å². The number of phenolic OH excluding ortho intramolecular Hbond substituents is 1. The van der Waals surface area contributed by atoms with E-state index in [-0.39, 0.29) is 85.0 Å². The Hall–Kier alpha value is -12.1. The van der Waals surface area contributed by atoms with Gasteiger partial charge in [0.15, 0.2) is 0 Å². The van der Waals surface area contributed by atoms with Gasteiger partial charge in [-0.15, -0.1) is 0 Å². The van der Waals surface area contributed by atoms with Gasteiger partial charge in [0.05, 0.1) is 25.0 Å². The number of H-pyrrole nitrogens is 3. The normalized spacial score (nSPS) is 23.2. The summed E-state index contributed by atoms with van der Waals surface area (Å²) in [7, 11) is 0. The quantitative estimate of drug-likeness (QED) is 0.0696.